The molecule has 2 atom stereocenters. The Bertz CT molecular complexity index is 686. The van der Waals surface area contributed by atoms with E-state index in [9.17, 15) is 14.3 Å². The molecule has 2 heterocycles. The van der Waals surface area contributed by atoms with E-state index < -0.39 is 6.10 Å². The van der Waals surface area contributed by atoms with Gasteiger partial charge in [-0.3, -0.25) is 9.69 Å². The van der Waals surface area contributed by atoms with Crippen LogP contribution in [0, 0.1) is 12.7 Å². The van der Waals surface area contributed by atoms with Crippen molar-refractivity contribution in [3.8, 4) is 0 Å². The Balaban J connectivity index is 1.67. The Morgan fingerprint density at radius 3 is 2.87 bits per heavy atom. The second-order valence-corrected chi connectivity index (χ2v) is 5.76. The second kappa shape index (κ2) is 6.47. The summed E-state index contributed by atoms with van der Waals surface area (Å²) in [6.45, 7) is 2.25. The number of rotatable bonds is 4. The maximum absolute atomic E-state index is 13.1. The fourth-order valence-corrected chi connectivity index (χ4v) is 2.88. The SMILES string of the molecule is Cc1cc(NC(=O)CN2C[C@H](O)C[C@H]2c2ccc(F)cc2)no1. The number of aliphatic hydroxyl groups excluding tert-OH is 1. The van der Waals surface area contributed by atoms with Gasteiger partial charge in [-0.1, -0.05) is 17.3 Å². The van der Waals surface area contributed by atoms with Crippen molar-refractivity contribution >= 4 is 11.7 Å². The largest absolute Gasteiger partial charge is 0.392 e. The molecule has 1 aliphatic rings. The first-order valence-electron chi connectivity index (χ1n) is 7.42. The number of hydrogen-bond acceptors (Lipinski definition) is 5. The zero-order valence-corrected chi connectivity index (χ0v) is 12.7. The number of aryl methyl sites for hydroxylation is 1. The molecule has 3 rings (SSSR count). The maximum atomic E-state index is 13.1. The van der Waals surface area contributed by atoms with Crippen molar-refractivity contribution in [1.82, 2.24) is 10.1 Å². The number of likely N-dealkylation sites (tertiary alicyclic amines) is 1. The quantitative estimate of drug-likeness (QED) is 0.899. The summed E-state index contributed by atoms with van der Waals surface area (Å²) in [7, 11) is 0. The van der Waals surface area contributed by atoms with Crippen LogP contribution in [0.4, 0.5) is 10.2 Å². The van der Waals surface area contributed by atoms with E-state index in [2.05, 4.69) is 10.5 Å². The highest BCUT2D eigenvalue weighted by Crippen LogP contribution is 2.31. The average Bonchev–Trinajstić information content (AvgIpc) is 3.06. The highest BCUT2D eigenvalue weighted by Gasteiger charge is 2.33. The van der Waals surface area contributed by atoms with Crippen LogP contribution in [0.5, 0.6) is 0 Å². The Labute approximate surface area is 132 Å². The van der Waals surface area contributed by atoms with E-state index >= 15 is 0 Å². The van der Waals surface area contributed by atoms with Crippen LogP contribution in [-0.2, 0) is 4.79 Å². The van der Waals surface area contributed by atoms with E-state index in [0.29, 0.717) is 24.5 Å². The summed E-state index contributed by atoms with van der Waals surface area (Å²) in [5, 5.41) is 16.3. The number of carbonyl (C=O) groups excluding carboxylic acids is 1. The number of carbonyl (C=O) groups is 1. The second-order valence-electron chi connectivity index (χ2n) is 5.76. The van der Waals surface area contributed by atoms with Gasteiger partial charge >= 0.3 is 0 Å². The number of nitrogens with zero attached hydrogens (tertiary/aromatic N) is 2. The van der Waals surface area contributed by atoms with Gasteiger partial charge in [0.1, 0.15) is 11.6 Å². The topological polar surface area (TPSA) is 78.6 Å². The summed E-state index contributed by atoms with van der Waals surface area (Å²) in [6.07, 6.45) is 0.00858. The molecule has 0 aliphatic carbocycles. The fourth-order valence-electron chi connectivity index (χ4n) is 2.88. The first-order valence-corrected chi connectivity index (χ1v) is 7.42. The molecular weight excluding hydrogens is 301 g/mol. The predicted molar refractivity (Wildman–Crippen MR) is 81.2 cm³/mol. The minimum atomic E-state index is -0.507. The highest BCUT2D eigenvalue weighted by molar-refractivity contribution is 5.91. The van der Waals surface area contributed by atoms with Gasteiger partial charge in [0.15, 0.2) is 5.82 Å². The zero-order chi connectivity index (χ0) is 16.4. The van der Waals surface area contributed by atoms with E-state index in [-0.39, 0.29) is 24.3 Å². The molecule has 2 aromatic rings. The van der Waals surface area contributed by atoms with Crippen molar-refractivity contribution in [3.63, 3.8) is 0 Å². The van der Waals surface area contributed by atoms with Crippen LogP contribution in [0.2, 0.25) is 0 Å². The lowest BCUT2D eigenvalue weighted by atomic mass is 10.0. The lowest BCUT2D eigenvalue weighted by molar-refractivity contribution is -0.117. The lowest BCUT2D eigenvalue weighted by Gasteiger charge is -2.23. The van der Waals surface area contributed by atoms with Gasteiger partial charge in [0.25, 0.3) is 0 Å². The van der Waals surface area contributed by atoms with Crippen LogP contribution in [-0.4, -0.2) is 40.3 Å². The van der Waals surface area contributed by atoms with E-state index in [1.165, 1.54) is 12.1 Å². The van der Waals surface area contributed by atoms with Gasteiger partial charge in [-0.15, -0.1) is 0 Å². The summed E-state index contributed by atoms with van der Waals surface area (Å²) >= 11 is 0. The molecular formula is C16H18FN3O3. The van der Waals surface area contributed by atoms with Crippen molar-refractivity contribution < 1.29 is 18.8 Å². The minimum Gasteiger partial charge on any atom is -0.392 e. The third-order valence-electron chi connectivity index (χ3n) is 3.88. The minimum absolute atomic E-state index is 0.115. The highest BCUT2D eigenvalue weighted by atomic mass is 19.1. The first-order chi connectivity index (χ1) is 11.0. The van der Waals surface area contributed by atoms with Gasteiger partial charge in [0.05, 0.1) is 12.6 Å². The molecule has 1 saturated heterocycles. The molecule has 1 amide bonds. The number of anilines is 1. The van der Waals surface area contributed by atoms with Crippen LogP contribution in [0.25, 0.3) is 0 Å². The Morgan fingerprint density at radius 1 is 1.48 bits per heavy atom. The smallest absolute Gasteiger partial charge is 0.239 e. The van der Waals surface area contributed by atoms with Crippen LogP contribution in [0.3, 0.4) is 0 Å². The summed E-state index contributed by atoms with van der Waals surface area (Å²) in [4.78, 5) is 14.0. The molecule has 1 aromatic heterocycles. The number of aromatic nitrogens is 1. The Kier molecular flexibility index (Phi) is 4.40. The van der Waals surface area contributed by atoms with E-state index in [0.717, 1.165) is 5.56 Å². The Hall–Kier alpha value is -2.25. The van der Waals surface area contributed by atoms with Gasteiger partial charge < -0.3 is 14.9 Å². The normalized spacial score (nSPS) is 21.5. The van der Waals surface area contributed by atoms with Gasteiger partial charge in [-0.2, -0.15) is 0 Å². The standard InChI is InChI=1S/C16H18FN3O3/c1-10-6-15(19-23-10)18-16(22)9-20-8-13(21)7-14(20)11-2-4-12(17)5-3-11/h2-6,13-14,21H,7-9H2,1H3,(H,18,19,22)/t13-,14+/m1/s1. The molecule has 122 valence electrons. The first kappa shape index (κ1) is 15.6. The molecule has 0 radical (unpaired) electrons. The van der Waals surface area contributed by atoms with Crippen LogP contribution >= 0.6 is 0 Å². The summed E-state index contributed by atoms with van der Waals surface area (Å²) < 4.78 is 18.0. The average molecular weight is 319 g/mol. The van der Waals surface area contributed by atoms with E-state index in [1.54, 1.807) is 25.1 Å². The fraction of sp³-hybridized carbons (Fsp3) is 0.375. The van der Waals surface area contributed by atoms with Gasteiger partial charge in [-0.05, 0) is 31.0 Å². The molecule has 1 fully saturated rings. The van der Waals surface area contributed by atoms with Gasteiger partial charge in [-0.25, -0.2) is 4.39 Å². The van der Waals surface area contributed by atoms with Crippen LogP contribution < -0.4 is 5.32 Å². The third kappa shape index (κ3) is 3.75. The molecule has 0 saturated carbocycles. The van der Waals surface area contributed by atoms with Gasteiger partial charge in [0, 0.05) is 18.7 Å². The van der Waals surface area contributed by atoms with E-state index in [1.807, 2.05) is 4.90 Å². The van der Waals surface area contributed by atoms with Crippen molar-refractivity contribution in [2.24, 2.45) is 0 Å². The number of aliphatic hydroxyl groups is 1. The molecule has 0 unspecified atom stereocenters. The summed E-state index contributed by atoms with van der Waals surface area (Å²) in [6, 6.07) is 7.66. The molecule has 23 heavy (non-hydrogen) atoms. The van der Waals surface area contributed by atoms with Gasteiger partial charge in [0.2, 0.25) is 5.91 Å². The molecule has 0 spiro atoms. The maximum Gasteiger partial charge on any atom is 0.239 e. The number of halogens is 1. The van der Waals surface area contributed by atoms with Crippen molar-refractivity contribution in [1.29, 1.82) is 0 Å². The number of β-amino-alcohol motifs (C(OH)–C–C–N with tert-alkyl or cyclic N) is 1. The third-order valence-corrected chi connectivity index (χ3v) is 3.88. The van der Waals surface area contributed by atoms with Crippen molar-refractivity contribution in [2.45, 2.75) is 25.5 Å². The number of hydrogen-bond donors (Lipinski definition) is 2. The molecule has 6 nitrogen and oxygen atoms in total. The number of amides is 1. The summed E-state index contributed by atoms with van der Waals surface area (Å²) in [5.74, 6) is 0.434. The zero-order valence-electron chi connectivity index (χ0n) is 12.7. The van der Waals surface area contributed by atoms with Crippen LogP contribution in [0.1, 0.15) is 23.8 Å². The molecule has 1 aliphatic heterocycles. The van der Waals surface area contributed by atoms with Crippen LogP contribution in [0.15, 0.2) is 34.9 Å². The summed E-state index contributed by atoms with van der Waals surface area (Å²) in [5.41, 5.74) is 0.882. The molecule has 1 aromatic carbocycles. The predicted octanol–water partition coefficient (Wildman–Crippen LogP) is 1.87. The molecule has 0 bridgehead atoms. The van der Waals surface area contributed by atoms with E-state index in [4.69, 9.17) is 4.52 Å². The number of benzene rings is 1. The monoisotopic (exact) mass is 319 g/mol. The molecule has 7 heteroatoms. The Morgan fingerprint density at radius 2 is 2.22 bits per heavy atom. The lowest BCUT2D eigenvalue weighted by Crippen LogP contribution is -2.33. The molecule has 2 N–H and O–H groups in total. The van der Waals surface area contributed by atoms with Crippen molar-refractivity contribution in [2.75, 3.05) is 18.4 Å². The van der Waals surface area contributed by atoms with Crippen molar-refractivity contribution in [3.05, 3.63) is 47.5 Å². The number of nitrogens with one attached hydrogen (secondary N) is 1.